The SMILES string of the molecule is COCC1CCc2cc(O)ccc2N1. The number of methoxy groups -OCH3 is 1. The van der Waals surface area contributed by atoms with Crippen molar-refractivity contribution < 1.29 is 9.84 Å². The van der Waals surface area contributed by atoms with E-state index in [1.807, 2.05) is 12.1 Å². The third-order valence-corrected chi connectivity index (χ3v) is 2.58. The van der Waals surface area contributed by atoms with E-state index in [0.717, 1.165) is 25.1 Å². The normalized spacial score (nSPS) is 19.9. The van der Waals surface area contributed by atoms with Crippen LogP contribution >= 0.6 is 0 Å². The van der Waals surface area contributed by atoms with E-state index in [2.05, 4.69) is 5.32 Å². The van der Waals surface area contributed by atoms with Crippen LogP contribution in [0.1, 0.15) is 12.0 Å². The Bertz CT molecular complexity index is 325. The van der Waals surface area contributed by atoms with Crippen LogP contribution in [0.4, 0.5) is 5.69 Å². The smallest absolute Gasteiger partial charge is 0.116 e. The Hall–Kier alpha value is -1.22. The summed E-state index contributed by atoms with van der Waals surface area (Å²) in [7, 11) is 1.72. The van der Waals surface area contributed by atoms with Crippen molar-refractivity contribution in [1.29, 1.82) is 0 Å². The van der Waals surface area contributed by atoms with Crippen LogP contribution in [-0.2, 0) is 11.2 Å². The minimum Gasteiger partial charge on any atom is -0.508 e. The number of anilines is 1. The lowest BCUT2D eigenvalue weighted by atomic mass is 9.98. The molecule has 0 amide bonds. The average Bonchev–Trinajstić information content (AvgIpc) is 2.19. The maximum Gasteiger partial charge on any atom is 0.116 e. The number of aryl methyl sites for hydroxylation is 1. The molecule has 0 aliphatic carbocycles. The predicted octanol–water partition coefficient (Wildman–Crippen LogP) is 1.77. The maximum atomic E-state index is 9.31. The second-order valence-corrected chi connectivity index (χ2v) is 3.68. The number of hydrogen-bond acceptors (Lipinski definition) is 3. The fourth-order valence-electron chi connectivity index (χ4n) is 1.88. The van der Waals surface area contributed by atoms with E-state index in [1.54, 1.807) is 13.2 Å². The van der Waals surface area contributed by atoms with Crippen LogP contribution in [0.15, 0.2) is 18.2 Å². The standard InChI is InChI=1S/C11H15NO2/c1-14-7-9-3-2-8-6-10(13)4-5-11(8)12-9/h4-6,9,12-13H,2-3,7H2,1H3. The number of rotatable bonds is 2. The third kappa shape index (κ3) is 1.82. The summed E-state index contributed by atoms with van der Waals surface area (Å²) in [5, 5.41) is 12.7. The van der Waals surface area contributed by atoms with Crippen LogP contribution in [0.5, 0.6) is 5.75 Å². The van der Waals surface area contributed by atoms with Crippen molar-refractivity contribution in [1.82, 2.24) is 0 Å². The molecule has 0 aromatic heterocycles. The van der Waals surface area contributed by atoms with Gasteiger partial charge >= 0.3 is 0 Å². The molecule has 1 unspecified atom stereocenters. The average molecular weight is 193 g/mol. The lowest BCUT2D eigenvalue weighted by molar-refractivity contribution is 0.182. The molecule has 0 saturated carbocycles. The fraction of sp³-hybridized carbons (Fsp3) is 0.455. The molecule has 0 bridgehead atoms. The Morgan fingerprint density at radius 1 is 1.57 bits per heavy atom. The Kier molecular flexibility index (Phi) is 2.59. The number of phenolic OH excluding ortho intramolecular Hbond substituents is 1. The number of ether oxygens (including phenoxy) is 1. The van der Waals surface area contributed by atoms with Gasteiger partial charge in [0.2, 0.25) is 0 Å². The van der Waals surface area contributed by atoms with Gasteiger partial charge in [0.25, 0.3) is 0 Å². The van der Waals surface area contributed by atoms with Crippen molar-refractivity contribution in [3.63, 3.8) is 0 Å². The molecule has 1 aliphatic rings. The lowest BCUT2D eigenvalue weighted by Crippen LogP contribution is -2.29. The lowest BCUT2D eigenvalue weighted by Gasteiger charge is -2.26. The van der Waals surface area contributed by atoms with E-state index in [-0.39, 0.29) is 0 Å². The van der Waals surface area contributed by atoms with Gasteiger partial charge in [-0.25, -0.2) is 0 Å². The van der Waals surface area contributed by atoms with Crippen molar-refractivity contribution in [3.05, 3.63) is 23.8 Å². The molecule has 0 radical (unpaired) electrons. The Balaban J connectivity index is 2.15. The summed E-state index contributed by atoms with van der Waals surface area (Å²) < 4.78 is 5.11. The zero-order valence-corrected chi connectivity index (χ0v) is 8.29. The first kappa shape index (κ1) is 9.34. The number of fused-ring (bicyclic) bond motifs is 1. The minimum absolute atomic E-state index is 0.343. The van der Waals surface area contributed by atoms with Crippen molar-refractivity contribution in [2.45, 2.75) is 18.9 Å². The number of aromatic hydroxyl groups is 1. The van der Waals surface area contributed by atoms with Crippen molar-refractivity contribution in [2.75, 3.05) is 19.0 Å². The monoisotopic (exact) mass is 193 g/mol. The first-order chi connectivity index (χ1) is 6.79. The summed E-state index contributed by atoms with van der Waals surface area (Å²) in [6.07, 6.45) is 2.06. The van der Waals surface area contributed by atoms with Gasteiger partial charge in [0.15, 0.2) is 0 Å². The molecule has 1 aromatic carbocycles. The number of benzene rings is 1. The summed E-state index contributed by atoms with van der Waals surface area (Å²) in [4.78, 5) is 0. The molecular weight excluding hydrogens is 178 g/mol. The largest absolute Gasteiger partial charge is 0.508 e. The maximum absolute atomic E-state index is 9.31. The third-order valence-electron chi connectivity index (χ3n) is 2.58. The summed E-state index contributed by atoms with van der Waals surface area (Å²) in [5.74, 6) is 0.343. The van der Waals surface area contributed by atoms with Gasteiger partial charge in [-0.3, -0.25) is 0 Å². The Morgan fingerprint density at radius 2 is 2.43 bits per heavy atom. The van der Waals surface area contributed by atoms with Crippen LogP contribution in [0.3, 0.4) is 0 Å². The topological polar surface area (TPSA) is 41.5 Å². The zero-order valence-electron chi connectivity index (χ0n) is 8.29. The molecule has 0 saturated heterocycles. The summed E-state index contributed by atoms with van der Waals surface area (Å²) in [6.45, 7) is 0.736. The van der Waals surface area contributed by atoms with E-state index in [4.69, 9.17) is 4.74 Å². The first-order valence-corrected chi connectivity index (χ1v) is 4.87. The first-order valence-electron chi connectivity index (χ1n) is 4.87. The van der Waals surface area contributed by atoms with Crippen molar-refractivity contribution in [2.24, 2.45) is 0 Å². The van der Waals surface area contributed by atoms with E-state index < -0.39 is 0 Å². The quantitative estimate of drug-likeness (QED) is 0.703. The second-order valence-electron chi connectivity index (χ2n) is 3.68. The summed E-state index contributed by atoms with van der Waals surface area (Å²) >= 11 is 0. The van der Waals surface area contributed by atoms with E-state index >= 15 is 0 Å². The summed E-state index contributed by atoms with van der Waals surface area (Å²) in [5.41, 5.74) is 2.31. The van der Waals surface area contributed by atoms with Gasteiger partial charge in [-0.15, -0.1) is 0 Å². The van der Waals surface area contributed by atoms with Crippen molar-refractivity contribution >= 4 is 5.69 Å². The fourth-order valence-corrected chi connectivity index (χ4v) is 1.88. The second kappa shape index (κ2) is 3.88. The highest BCUT2D eigenvalue weighted by molar-refractivity contribution is 5.56. The number of nitrogens with one attached hydrogen (secondary N) is 1. The predicted molar refractivity (Wildman–Crippen MR) is 55.7 cm³/mol. The van der Waals surface area contributed by atoms with Crippen LogP contribution in [0, 0.1) is 0 Å². The molecule has 3 nitrogen and oxygen atoms in total. The minimum atomic E-state index is 0.343. The molecule has 1 atom stereocenters. The molecule has 0 spiro atoms. The van der Waals surface area contributed by atoms with Gasteiger partial charge in [-0.05, 0) is 36.6 Å². The van der Waals surface area contributed by atoms with Crippen molar-refractivity contribution in [3.8, 4) is 5.75 Å². The molecule has 14 heavy (non-hydrogen) atoms. The number of hydrogen-bond donors (Lipinski definition) is 2. The molecule has 2 N–H and O–H groups in total. The Labute approximate surface area is 83.7 Å². The van der Waals surface area contributed by atoms with E-state index in [1.165, 1.54) is 5.56 Å². The number of phenols is 1. The highest BCUT2D eigenvalue weighted by Crippen LogP contribution is 2.27. The van der Waals surface area contributed by atoms with E-state index in [0.29, 0.717) is 11.8 Å². The van der Waals surface area contributed by atoms with E-state index in [9.17, 15) is 5.11 Å². The molecule has 2 rings (SSSR count). The highest BCUT2D eigenvalue weighted by Gasteiger charge is 2.17. The molecule has 76 valence electrons. The van der Waals surface area contributed by atoms with Gasteiger partial charge in [0.1, 0.15) is 5.75 Å². The summed E-state index contributed by atoms with van der Waals surface area (Å²) in [6, 6.07) is 5.86. The van der Waals surface area contributed by atoms with Crippen LogP contribution in [-0.4, -0.2) is 24.9 Å². The van der Waals surface area contributed by atoms with Gasteiger partial charge in [-0.1, -0.05) is 0 Å². The molecule has 3 heteroatoms. The van der Waals surface area contributed by atoms with Gasteiger partial charge in [-0.2, -0.15) is 0 Å². The molecular formula is C11H15NO2. The van der Waals surface area contributed by atoms with Gasteiger partial charge < -0.3 is 15.2 Å². The van der Waals surface area contributed by atoms with Gasteiger partial charge in [0, 0.05) is 18.8 Å². The Morgan fingerprint density at radius 3 is 3.21 bits per heavy atom. The van der Waals surface area contributed by atoms with Crippen LogP contribution in [0.25, 0.3) is 0 Å². The molecule has 1 aromatic rings. The van der Waals surface area contributed by atoms with Crippen LogP contribution in [0.2, 0.25) is 0 Å². The van der Waals surface area contributed by atoms with Crippen LogP contribution < -0.4 is 5.32 Å². The molecule has 1 aliphatic heterocycles. The molecule has 0 fully saturated rings. The zero-order chi connectivity index (χ0) is 9.97. The highest BCUT2D eigenvalue weighted by atomic mass is 16.5. The van der Waals surface area contributed by atoms with Gasteiger partial charge in [0.05, 0.1) is 6.61 Å². The molecule has 1 heterocycles.